The summed E-state index contributed by atoms with van der Waals surface area (Å²) in [5.74, 6) is 0. The Morgan fingerprint density at radius 3 is 2.75 bits per heavy atom. The van der Waals surface area contributed by atoms with Crippen molar-refractivity contribution >= 4 is 16.5 Å². The largest absolute Gasteiger partial charge is 0.390 e. The lowest BCUT2D eigenvalue weighted by Gasteiger charge is -2.15. The van der Waals surface area contributed by atoms with Gasteiger partial charge in [0.2, 0.25) is 0 Å². The topological polar surface area (TPSA) is 50.9 Å². The van der Waals surface area contributed by atoms with Crippen molar-refractivity contribution in [2.75, 3.05) is 12.3 Å². The molecule has 3 nitrogen and oxygen atoms in total. The Labute approximate surface area is 95.9 Å². The molecule has 0 aromatic carbocycles. The molecule has 92 valence electrons. The van der Waals surface area contributed by atoms with Crippen LogP contribution in [0, 0.1) is 0 Å². The Kier molecular flexibility index (Phi) is 4.55. The van der Waals surface area contributed by atoms with Gasteiger partial charge in [-0.05, 0) is 6.92 Å². The SMILES string of the molecule is CC(CC(F)(F)F)NCCc1csc(N)n1. The predicted molar refractivity (Wildman–Crippen MR) is 58.4 cm³/mol. The zero-order chi connectivity index (χ0) is 12.2. The van der Waals surface area contributed by atoms with Crippen LogP contribution in [-0.2, 0) is 6.42 Å². The molecule has 1 rings (SSSR count). The van der Waals surface area contributed by atoms with Crippen molar-refractivity contribution in [1.82, 2.24) is 10.3 Å². The first-order chi connectivity index (χ1) is 7.37. The molecule has 1 aromatic heterocycles. The maximum Gasteiger partial charge on any atom is 0.390 e. The molecular formula is C9H14F3N3S. The summed E-state index contributed by atoms with van der Waals surface area (Å²) in [5, 5.41) is 5.10. The predicted octanol–water partition coefficient (Wildman–Crippen LogP) is 2.20. The van der Waals surface area contributed by atoms with Gasteiger partial charge in [-0.2, -0.15) is 13.2 Å². The Bertz CT molecular complexity index is 324. The average molecular weight is 253 g/mol. The molecule has 0 bridgehead atoms. The summed E-state index contributed by atoms with van der Waals surface area (Å²) in [4.78, 5) is 4.02. The highest BCUT2D eigenvalue weighted by molar-refractivity contribution is 7.13. The van der Waals surface area contributed by atoms with Crippen LogP contribution in [0.15, 0.2) is 5.38 Å². The lowest BCUT2D eigenvalue weighted by Crippen LogP contribution is -2.32. The summed E-state index contributed by atoms with van der Waals surface area (Å²) >= 11 is 1.33. The number of aromatic nitrogens is 1. The van der Waals surface area contributed by atoms with E-state index in [1.54, 1.807) is 0 Å². The third-order valence-corrected chi connectivity index (χ3v) is 2.70. The van der Waals surface area contributed by atoms with Gasteiger partial charge in [0.15, 0.2) is 5.13 Å². The van der Waals surface area contributed by atoms with Crippen LogP contribution >= 0.6 is 11.3 Å². The third-order valence-electron chi connectivity index (χ3n) is 1.98. The van der Waals surface area contributed by atoms with Gasteiger partial charge in [-0.15, -0.1) is 11.3 Å². The fraction of sp³-hybridized carbons (Fsp3) is 0.667. The number of rotatable bonds is 5. The van der Waals surface area contributed by atoms with Gasteiger partial charge < -0.3 is 11.1 Å². The summed E-state index contributed by atoms with van der Waals surface area (Å²) < 4.78 is 36.0. The normalized spacial score (nSPS) is 14.0. The molecule has 0 fully saturated rings. The number of alkyl halides is 3. The number of hydrogen-bond donors (Lipinski definition) is 2. The van der Waals surface area contributed by atoms with Gasteiger partial charge in [0.25, 0.3) is 0 Å². The smallest absolute Gasteiger partial charge is 0.375 e. The average Bonchev–Trinajstić information content (AvgIpc) is 2.48. The van der Waals surface area contributed by atoms with E-state index >= 15 is 0 Å². The van der Waals surface area contributed by atoms with Crippen LogP contribution < -0.4 is 11.1 Å². The Morgan fingerprint density at radius 2 is 2.25 bits per heavy atom. The summed E-state index contributed by atoms with van der Waals surface area (Å²) in [5.41, 5.74) is 6.25. The minimum absolute atomic E-state index is 0.473. The number of halogens is 3. The van der Waals surface area contributed by atoms with E-state index in [1.165, 1.54) is 18.3 Å². The van der Waals surface area contributed by atoms with Gasteiger partial charge in [-0.3, -0.25) is 0 Å². The fourth-order valence-corrected chi connectivity index (χ4v) is 1.90. The summed E-state index contributed by atoms with van der Waals surface area (Å²) in [7, 11) is 0. The van der Waals surface area contributed by atoms with Crippen LogP contribution in [0.25, 0.3) is 0 Å². The lowest BCUT2D eigenvalue weighted by atomic mass is 10.2. The Hall–Kier alpha value is -0.820. The van der Waals surface area contributed by atoms with E-state index < -0.39 is 18.6 Å². The Balaban J connectivity index is 2.20. The zero-order valence-corrected chi connectivity index (χ0v) is 9.66. The van der Waals surface area contributed by atoms with E-state index in [-0.39, 0.29) is 0 Å². The molecule has 0 saturated carbocycles. The molecule has 0 aliphatic heterocycles. The van der Waals surface area contributed by atoms with Crippen LogP contribution in [0.2, 0.25) is 0 Å². The van der Waals surface area contributed by atoms with Crippen LogP contribution in [0.3, 0.4) is 0 Å². The van der Waals surface area contributed by atoms with E-state index in [0.717, 1.165) is 5.69 Å². The van der Waals surface area contributed by atoms with Crippen molar-refractivity contribution in [2.45, 2.75) is 32.0 Å². The second-order valence-corrected chi connectivity index (χ2v) is 4.49. The van der Waals surface area contributed by atoms with E-state index in [1.807, 2.05) is 5.38 Å². The Morgan fingerprint density at radius 1 is 1.56 bits per heavy atom. The molecule has 3 N–H and O–H groups in total. The van der Waals surface area contributed by atoms with Gasteiger partial charge in [-0.1, -0.05) is 0 Å². The molecule has 16 heavy (non-hydrogen) atoms. The molecule has 7 heteroatoms. The van der Waals surface area contributed by atoms with Crippen LogP contribution in [0.1, 0.15) is 19.0 Å². The second kappa shape index (κ2) is 5.49. The third kappa shape index (κ3) is 5.32. The van der Waals surface area contributed by atoms with Gasteiger partial charge in [0.1, 0.15) is 0 Å². The van der Waals surface area contributed by atoms with E-state index in [9.17, 15) is 13.2 Å². The summed E-state index contributed by atoms with van der Waals surface area (Å²) in [6.45, 7) is 1.99. The highest BCUT2D eigenvalue weighted by Gasteiger charge is 2.29. The second-order valence-electron chi connectivity index (χ2n) is 3.60. The summed E-state index contributed by atoms with van der Waals surface area (Å²) in [6, 6.07) is -0.573. The molecule has 0 radical (unpaired) electrons. The highest BCUT2D eigenvalue weighted by Crippen LogP contribution is 2.21. The standard InChI is InChI=1S/C9H14F3N3S/c1-6(4-9(10,11)12)14-3-2-7-5-16-8(13)15-7/h5-6,14H,2-4H2,1H3,(H2,13,15). The monoisotopic (exact) mass is 253 g/mol. The van der Waals surface area contributed by atoms with Gasteiger partial charge in [-0.25, -0.2) is 4.98 Å². The summed E-state index contributed by atoms with van der Waals surface area (Å²) in [6.07, 6.45) is -4.33. The molecule has 0 spiro atoms. The van der Waals surface area contributed by atoms with Gasteiger partial charge >= 0.3 is 6.18 Å². The molecular weight excluding hydrogens is 239 g/mol. The molecule has 0 saturated heterocycles. The molecule has 1 aromatic rings. The van der Waals surface area contributed by atoms with Crippen molar-refractivity contribution < 1.29 is 13.2 Å². The van der Waals surface area contributed by atoms with Gasteiger partial charge in [0, 0.05) is 24.4 Å². The van der Waals surface area contributed by atoms with Crippen LogP contribution in [-0.4, -0.2) is 23.7 Å². The number of thiazole rings is 1. The number of nitrogens with one attached hydrogen (secondary N) is 1. The molecule has 1 unspecified atom stereocenters. The number of nitrogens with two attached hydrogens (primary N) is 1. The molecule has 0 amide bonds. The maximum absolute atomic E-state index is 12.0. The van der Waals surface area contributed by atoms with Crippen molar-refractivity contribution in [3.63, 3.8) is 0 Å². The van der Waals surface area contributed by atoms with E-state index in [4.69, 9.17) is 5.73 Å². The van der Waals surface area contributed by atoms with Gasteiger partial charge in [0.05, 0.1) is 12.1 Å². The van der Waals surface area contributed by atoms with Crippen molar-refractivity contribution in [3.05, 3.63) is 11.1 Å². The first-order valence-corrected chi connectivity index (χ1v) is 5.75. The van der Waals surface area contributed by atoms with Crippen LogP contribution in [0.4, 0.5) is 18.3 Å². The quantitative estimate of drug-likeness (QED) is 0.845. The lowest BCUT2D eigenvalue weighted by molar-refractivity contribution is -0.138. The fourth-order valence-electron chi connectivity index (χ4n) is 1.30. The minimum atomic E-state index is -4.11. The molecule has 0 aliphatic carbocycles. The zero-order valence-electron chi connectivity index (χ0n) is 8.84. The number of nitrogen functional groups attached to an aromatic ring is 1. The van der Waals surface area contributed by atoms with E-state index in [2.05, 4.69) is 10.3 Å². The van der Waals surface area contributed by atoms with Crippen LogP contribution in [0.5, 0.6) is 0 Å². The molecule has 0 aliphatic rings. The first-order valence-electron chi connectivity index (χ1n) is 4.87. The molecule has 1 atom stereocenters. The molecule has 1 heterocycles. The maximum atomic E-state index is 12.0. The number of hydrogen-bond acceptors (Lipinski definition) is 4. The highest BCUT2D eigenvalue weighted by atomic mass is 32.1. The minimum Gasteiger partial charge on any atom is -0.375 e. The van der Waals surface area contributed by atoms with Crippen molar-refractivity contribution in [3.8, 4) is 0 Å². The van der Waals surface area contributed by atoms with Crippen molar-refractivity contribution in [1.29, 1.82) is 0 Å². The number of anilines is 1. The first kappa shape index (κ1) is 13.2. The van der Waals surface area contributed by atoms with Crippen molar-refractivity contribution in [2.24, 2.45) is 0 Å². The number of nitrogens with zero attached hydrogens (tertiary/aromatic N) is 1. The van der Waals surface area contributed by atoms with E-state index in [0.29, 0.717) is 18.1 Å².